The highest BCUT2D eigenvalue weighted by atomic mass is 32.2. The van der Waals surface area contributed by atoms with Crippen molar-refractivity contribution >= 4 is 38.5 Å². The molecule has 29 heavy (non-hydrogen) atoms. The highest BCUT2D eigenvalue weighted by Gasteiger charge is 2.20. The number of nitrogens with zero attached hydrogens (tertiary/aromatic N) is 4. The van der Waals surface area contributed by atoms with Gasteiger partial charge in [-0.05, 0) is 42.8 Å². The number of amides is 1. The van der Waals surface area contributed by atoms with Crippen LogP contribution in [0, 0.1) is 0 Å². The zero-order valence-electron chi connectivity index (χ0n) is 15.7. The van der Waals surface area contributed by atoms with Crippen molar-refractivity contribution in [2.75, 3.05) is 18.9 Å². The van der Waals surface area contributed by atoms with Gasteiger partial charge in [-0.15, -0.1) is 4.40 Å². The van der Waals surface area contributed by atoms with Gasteiger partial charge in [-0.25, -0.2) is 4.98 Å². The number of fused-ring (bicyclic) bond motifs is 1. The molecule has 1 aliphatic heterocycles. The van der Waals surface area contributed by atoms with Crippen molar-refractivity contribution in [3.05, 3.63) is 60.4 Å². The zero-order chi connectivity index (χ0) is 20.4. The molecule has 8 nitrogen and oxygen atoms in total. The van der Waals surface area contributed by atoms with Crippen LogP contribution in [0.3, 0.4) is 0 Å². The molecule has 1 amide bonds. The van der Waals surface area contributed by atoms with Gasteiger partial charge in [-0.1, -0.05) is 12.1 Å². The first-order chi connectivity index (χ1) is 13.9. The first-order valence-electron chi connectivity index (χ1n) is 9.10. The van der Waals surface area contributed by atoms with Crippen molar-refractivity contribution in [1.29, 1.82) is 0 Å². The average molecular weight is 409 g/mol. The molecule has 2 heterocycles. The molecule has 9 heteroatoms. The number of sulfonamides is 1. The molecule has 4 rings (SSSR count). The van der Waals surface area contributed by atoms with Gasteiger partial charge in [0.05, 0.1) is 22.1 Å². The van der Waals surface area contributed by atoms with E-state index in [1.54, 1.807) is 6.07 Å². The van der Waals surface area contributed by atoms with Crippen molar-refractivity contribution < 1.29 is 13.2 Å². The third kappa shape index (κ3) is 4.09. The monoisotopic (exact) mass is 409 g/mol. The Bertz CT molecular complexity index is 1210. The number of hydrogen-bond donors (Lipinski definition) is 1. The number of para-hydroxylation sites is 2. The zero-order valence-corrected chi connectivity index (χ0v) is 16.6. The van der Waals surface area contributed by atoms with Crippen molar-refractivity contribution in [2.45, 2.75) is 17.7 Å². The molecule has 1 aromatic heterocycles. The topological polar surface area (TPSA) is 105 Å². The van der Waals surface area contributed by atoms with Crippen LogP contribution in [0.15, 0.2) is 64.0 Å². The van der Waals surface area contributed by atoms with Gasteiger partial charge < -0.3 is 10.2 Å². The Hall–Kier alpha value is -3.33. The van der Waals surface area contributed by atoms with Crippen LogP contribution in [0.1, 0.15) is 23.3 Å². The standard InChI is InChI=1S/C20H19N5O3S/c1-25-12-4-7-19(25)24-29(27,28)15-10-8-14(9-11-15)22-20(26)18-13-21-16-5-2-3-6-17(16)23-18/h2-3,5-6,8-11,13H,4,7,12H2,1H3,(H,22,26). The van der Waals surface area contributed by atoms with Crippen molar-refractivity contribution in [3.8, 4) is 0 Å². The van der Waals surface area contributed by atoms with E-state index in [1.165, 1.54) is 30.5 Å². The van der Waals surface area contributed by atoms with Gasteiger partial charge in [0.25, 0.3) is 15.9 Å². The molecule has 3 aromatic rings. The van der Waals surface area contributed by atoms with Crippen LogP contribution in [0.5, 0.6) is 0 Å². The fourth-order valence-corrected chi connectivity index (χ4v) is 4.17. The Balaban J connectivity index is 1.51. The van der Waals surface area contributed by atoms with Gasteiger partial charge in [0.2, 0.25) is 0 Å². The molecule has 0 aliphatic carbocycles. The summed E-state index contributed by atoms with van der Waals surface area (Å²) in [6.45, 7) is 0.803. The molecule has 0 spiro atoms. The highest BCUT2D eigenvalue weighted by molar-refractivity contribution is 7.90. The maximum absolute atomic E-state index is 12.5. The molecule has 0 bridgehead atoms. The number of carbonyl (C=O) groups is 1. The van der Waals surface area contributed by atoms with Crippen LogP contribution in [0.25, 0.3) is 11.0 Å². The second-order valence-electron chi connectivity index (χ2n) is 6.73. The van der Waals surface area contributed by atoms with E-state index in [1.807, 2.05) is 30.1 Å². The Kier molecular flexibility index (Phi) is 4.98. The van der Waals surface area contributed by atoms with E-state index in [9.17, 15) is 13.2 Å². The number of likely N-dealkylation sites (tertiary alicyclic amines) is 1. The normalized spacial score (nSPS) is 15.8. The number of anilines is 1. The number of nitrogens with one attached hydrogen (secondary N) is 1. The number of hydrogen-bond acceptors (Lipinski definition) is 5. The lowest BCUT2D eigenvalue weighted by Crippen LogP contribution is -2.20. The van der Waals surface area contributed by atoms with Crippen LogP contribution in [-0.4, -0.2) is 48.6 Å². The summed E-state index contributed by atoms with van der Waals surface area (Å²) in [6, 6.07) is 13.2. The molecule has 0 saturated carbocycles. The molecule has 2 aromatic carbocycles. The third-order valence-corrected chi connectivity index (χ3v) is 5.97. The Labute approximate surface area is 168 Å². The van der Waals surface area contributed by atoms with E-state index in [-0.39, 0.29) is 10.6 Å². The predicted octanol–water partition coefficient (Wildman–Crippen LogP) is 2.69. The minimum absolute atomic E-state index is 0.0776. The van der Waals surface area contributed by atoms with Gasteiger partial charge in [0.1, 0.15) is 11.5 Å². The first kappa shape index (κ1) is 19.0. The molecule has 1 saturated heterocycles. The molecule has 1 fully saturated rings. The van der Waals surface area contributed by atoms with Gasteiger partial charge in [-0.2, -0.15) is 8.42 Å². The predicted molar refractivity (Wildman–Crippen MR) is 110 cm³/mol. The van der Waals surface area contributed by atoms with Crippen molar-refractivity contribution in [3.63, 3.8) is 0 Å². The van der Waals surface area contributed by atoms with Gasteiger partial charge >= 0.3 is 0 Å². The smallest absolute Gasteiger partial charge is 0.283 e. The number of aromatic nitrogens is 2. The van der Waals surface area contributed by atoms with Crippen LogP contribution in [-0.2, 0) is 10.0 Å². The molecule has 1 aliphatic rings. The van der Waals surface area contributed by atoms with Crippen molar-refractivity contribution in [1.82, 2.24) is 14.9 Å². The maximum Gasteiger partial charge on any atom is 0.283 e. The van der Waals surface area contributed by atoms with Gasteiger partial charge in [0.15, 0.2) is 0 Å². The quantitative estimate of drug-likeness (QED) is 0.710. The maximum atomic E-state index is 12.5. The second kappa shape index (κ2) is 7.59. The van der Waals surface area contributed by atoms with Gasteiger partial charge in [0, 0.05) is 25.7 Å². The van der Waals surface area contributed by atoms with E-state index < -0.39 is 15.9 Å². The van der Waals surface area contributed by atoms with E-state index in [0.29, 0.717) is 29.0 Å². The molecule has 0 radical (unpaired) electrons. The third-order valence-electron chi connectivity index (χ3n) is 4.65. The Morgan fingerprint density at radius 1 is 1.10 bits per heavy atom. The Morgan fingerprint density at radius 3 is 2.52 bits per heavy atom. The molecular formula is C20H19N5O3S. The molecule has 0 unspecified atom stereocenters. The van der Waals surface area contributed by atoms with E-state index in [2.05, 4.69) is 19.7 Å². The summed E-state index contributed by atoms with van der Waals surface area (Å²) >= 11 is 0. The number of benzene rings is 2. The van der Waals surface area contributed by atoms with Crippen LogP contribution in [0.2, 0.25) is 0 Å². The van der Waals surface area contributed by atoms with Crippen molar-refractivity contribution in [2.24, 2.45) is 4.40 Å². The lowest BCUT2D eigenvalue weighted by molar-refractivity contribution is 0.102. The summed E-state index contributed by atoms with van der Waals surface area (Å²) in [5.41, 5.74) is 1.95. The van der Waals surface area contributed by atoms with E-state index >= 15 is 0 Å². The highest BCUT2D eigenvalue weighted by Crippen LogP contribution is 2.19. The number of rotatable bonds is 4. The summed E-state index contributed by atoms with van der Waals surface area (Å²) < 4.78 is 28.9. The second-order valence-corrected chi connectivity index (χ2v) is 8.33. The minimum atomic E-state index is -3.79. The lowest BCUT2D eigenvalue weighted by atomic mass is 10.3. The molecule has 148 valence electrons. The lowest BCUT2D eigenvalue weighted by Gasteiger charge is -2.11. The van der Waals surface area contributed by atoms with Gasteiger partial charge in [-0.3, -0.25) is 9.78 Å². The molecular weight excluding hydrogens is 390 g/mol. The molecule has 1 N–H and O–H groups in total. The molecule has 0 atom stereocenters. The van der Waals surface area contributed by atoms with Crippen LogP contribution >= 0.6 is 0 Å². The van der Waals surface area contributed by atoms with E-state index in [4.69, 9.17) is 0 Å². The summed E-state index contributed by atoms with van der Waals surface area (Å²) in [7, 11) is -1.96. The fourth-order valence-electron chi connectivity index (χ4n) is 3.07. The Morgan fingerprint density at radius 2 is 1.83 bits per heavy atom. The van der Waals surface area contributed by atoms with Crippen LogP contribution < -0.4 is 5.32 Å². The fraction of sp³-hybridized carbons (Fsp3) is 0.200. The summed E-state index contributed by atoms with van der Waals surface area (Å²) in [6.07, 6.45) is 2.95. The SMILES string of the molecule is CN1CCCC1=NS(=O)(=O)c1ccc(NC(=O)c2cnc3ccccc3n2)cc1. The largest absolute Gasteiger partial charge is 0.362 e. The average Bonchev–Trinajstić information content (AvgIpc) is 3.12. The van der Waals surface area contributed by atoms with E-state index in [0.717, 1.165) is 13.0 Å². The van der Waals surface area contributed by atoms with Crippen LogP contribution in [0.4, 0.5) is 5.69 Å². The minimum Gasteiger partial charge on any atom is -0.362 e. The summed E-state index contributed by atoms with van der Waals surface area (Å²) in [4.78, 5) is 22.9. The number of carbonyl (C=O) groups excluding carboxylic acids is 1. The summed E-state index contributed by atoms with van der Waals surface area (Å²) in [5, 5.41) is 2.70. The number of amidine groups is 1. The first-order valence-corrected chi connectivity index (χ1v) is 10.5. The summed E-state index contributed by atoms with van der Waals surface area (Å²) in [5.74, 6) is 0.143.